The molecule has 1 rings (SSSR count). The lowest BCUT2D eigenvalue weighted by molar-refractivity contribution is 0.349. The van der Waals surface area contributed by atoms with Crippen LogP contribution in [0.15, 0.2) is 24.3 Å². The van der Waals surface area contributed by atoms with Crippen LogP contribution in [-0.2, 0) is 6.54 Å². The van der Waals surface area contributed by atoms with E-state index in [0.717, 1.165) is 18.4 Å². The molecule has 0 aliphatic heterocycles. The van der Waals surface area contributed by atoms with E-state index in [2.05, 4.69) is 74.7 Å². The molecule has 1 nitrogen and oxygen atoms in total. The Labute approximate surface area is 102 Å². The molecule has 0 spiro atoms. The predicted molar refractivity (Wildman–Crippen MR) is 69.3 cm³/mol. The largest absolute Gasteiger partial charge is 0.301 e. The van der Waals surface area contributed by atoms with Crippen LogP contribution in [0.3, 0.4) is 0 Å². The van der Waals surface area contributed by atoms with Gasteiger partial charge in [-0.2, -0.15) is 0 Å². The summed E-state index contributed by atoms with van der Waals surface area (Å²) in [4.78, 5) is 2.30. The molecule has 72 valence electrons. The van der Waals surface area contributed by atoms with Crippen LogP contribution in [0.2, 0.25) is 0 Å². The molecule has 0 aliphatic carbocycles. The van der Waals surface area contributed by atoms with Crippen molar-refractivity contribution >= 4 is 38.5 Å². The number of halogens is 2. The molecule has 0 aliphatic rings. The average Bonchev–Trinajstić information content (AvgIpc) is 2.09. The highest BCUT2D eigenvalue weighted by Gasteiger charge is 1.98. The van der Waals surface area contributed by atoms with Gasteiger partial charge in [-0.05, 0) is 47.3 Å². The molecular formula is C10H13BrIN. The molecule has 0 fully saturated rings. The minimum absolute atomic E-state index is 1.03. The molecule has 0 unspecified atom stereocenters. The van der Waals surface area contributed by atoms with Crippen molar-refractivity contribution in [1.82, 2.24) is 4.90 Å². The van der Waals surface area contributed by atoms with Crippen LogP contribution in [0.1, 0.15) is 5.56 Å². The van der Waals surface area contributed by atoms with E-state index in [9.17, 15) is 0 Å². The van der Waals surface area contributed by atoms with E-state index >= 15 is 0 Å². The van der Waals surface area contributed by atoms with Gasteiger partial charge >= 0.3 is 0 Å². The normalized spacial score (nSPS) is 10.8. The highest BCUT2D eigenvalue weighted by Crippen LogP contribution is 2.08. The van der Waals surface area contributed by atoms with Crippen molar-refractivity contribution in [3.05, 3.63) is 33.4 Å². The molecule has 0 aromatic heterocycles. The summed E-state index contributed by atoms with van der Waals surface area (Å²) in [6, 6.07) is 8.68. The third-order valence-electron chi connectivity index (χ3n) is 1.83. The van der Waals surface area contributed by atoms with Gasteiger partial charge in [-0.15, -0.1) is 0 Å². The molecular weight excluding hydrogens is 341 g/mol. The Morgan fingerprint density at radius 1 is 1.31 bits per heavy atom. The topological polar surface area (TPSA) is 3.24 Å². The summed E-state index contributed by atoms with van der Waals surface area (Å²) < 4.78 is 1.30. The predicted octanol–water partition coefficient (Wildman–Crippen LogP) is 3.12. The van der Waals surface area contributed by atoms with Crippen LogP contribution in [0.4, 0.5) is 0 Å². The van der Waals surface area contributed by atoms with Crippen LogP contribution >= 0.6 is 38.5 Å². The first-order chi connectivity index (χ1) is 6.22. The molecule has 0 saturated heterocycles. The number of rotatable bonds is 4. The van der Waals surface area contributed by atoms with E-state index in [0.29, 0.717) is 0 Å². The molecule has 13 heavy (non-hydrogen) atoms. The first-order valence-corrected chi connectivity index (χ1v) is 6.41. The van der Waals surface area contributed by atoms with Gasteiger partial charge in [0, 0.05) is 22.0 Å². The van der Waals surface area contributed by atoms with Gasteiger partial charge in [0.15, 0.2) is 0 Å². The van der Waals surface area contributed by atoms with Crippen molar-refractivity contribution in [3.63, 3.8) is 0 Å². The molecule has 0 heterocycles. The second-order valence-corrected chi connectivity index (χ2v) is 5.09. The van der Waals surface area contributed by atoms with Gasteiger partial charge < -0.3 is 4.90 Å². The molecule has 0 N–H and O–H groups in total. The van der Waals surface area contributed by atoms with Crippen LogP contribution in [0, 0.1) is 3.57 Å². The number of nitrogens with zero attached hydrogens (tertiary/aromatic N) is 1. The van der Waals surface area contributed by atoms with Gasteiger partial charge in [-0.3, -0.25) is 0 Å². The van der Waals surface area contributed by atoms with Crippen molar-refractivity contribution in [2.45, 2.75) is 6.54 Å². The van der Waals surface area contributed by atoms with E-state index in [1.165, 1.54) is 9.13 Å². The van der Waals surface area contributed by atoms with Crippen LogP contribution in [0.5, 0.6) is 0 Å². The SMILES string of the molecule is CN(CCBr)Cc1ccc(I)cc1. The molecule has 0 saturated carbocycles. The van der Waals surface area contributed by atoms with Crippen LogP contribution < -0.4 is 0 Å². The summed E-state index contributed by atoms with van der Waals surface area (Å²) in [6.45, 7) is 2.12. The number of benzene rings is 1. The van der Waals surface area contributed by atoms with Crippen molar-refractivity contribution < 1.29 is 0 Å². The molecule has 0 bridgehead atoms. The summed E-state index contributed by atoms with van der Waals surface area (Å²) in [5, 5.41) is 1.04. The van der Waals surface area contributed by atoms with Crippen molar-refractivity contribution in [1.29, 1.82) is 0 Å². The third-order valence-corrected chi connectivity index (χ3v) is 2.91. The monoisotopic (exact) mass is 353 g/mol. The summed E-state index contributed by atoms with van der Waals surface area (Å²) in [6.07, 6.45) is 0. The van der Waals surface area contributed by atoms with Gasteiger partial charge in [-0.25, -0.2) is 0 Å². The summed E-state index contributed by atoms with van der Waals surface area (Å²) in [5.41, 5.74) is 1.38. The molecule has 1 aromatic rings. The maximum atomic E-state index is 3.43. The van der Waals surface area contributed by atoms with Gasteiger partial charge in [-0.1, -0.05) is 28.1 Å². The van der Waals surface area contributed by atoms with Crippen LogP contribution in [-0.4, -0.2) is 23.8 Å². The Hall–Kier alpha value is 0.390. The van der Waals surface area contributed by atoms with Gasteiger partial charge in [0.2, 0.25) is 0 Å². The Balaban J connectivity index is 2.49. The van der Waals surface area contributed by atoms with Crippen molar-refractivity contribution in [2.24, 2.45) is 0 Å². The van der Waals surface area contributed by atoms with Crippen LogP contribution in [0.25, 0.3) is 0 Å². The summed E-state index contributed by atoms with van der Waals surface area (Å²) in [5.74, 6) is 0. The Kier molecular flexibility index (Phi) is 5.28. The smallest absolute Gasteiger partial charge is 0.0231 e. The molecule has 0 atom stereocenters. The number of hydrogen-bond donors (Lipinski definition) is 0. The second-order valence-electron chi connectivity index (χ2n) is 3.05. The zero-order valence-electron chi connectivity index (χ0n) is 7.63. The summed E-state index contributed by atoms with van der Waals surface area (Å²) >= 11 is 5.76. The molecule has 3 heteroatoms. The minimum Gasteiger partial charge on any atom is -0.301 e. The highest BCUT2D eigenvalue weighted by molar-refractivity contribution is 14.1. The first kappa shape index (κ1) is 11.5. The third kappa shape index (κ3) is 4.42. The van der Waals surface area contributed by atoms with Gasteiger partial charge in [0.1, 0.15) is 0 Å². The standard InChI is InChI=1S/C10H13BrIN/c1-13(7-6-11)8-9-2-4-10(12)5-3-9/h2-5H,6-8H2,1H3. The molecule has 0 amide bonds. The lowest BCUT2D eigenvalue weighted by Crippen LogP contribution is -2.19. The van der Waals surface area contributed by atoms with E-state index in [-0.39, 0.29) is 0 Å². The Morgan fingerprint density at radius 2 is 1.92 bits per heavy atom. The first-order valence-electron chi connectivity index (χ1n) is 4.21. The van der Waals surface area contributed by atoms with Crippen molar-refractivity contribution in [3.8, 4) is 0 Å². The summed E-state index contributed by atoms with van der Waals surface area (Å²) in [7, 11) is 2.14. The Morgan fingerprint density at radius 3 is 2.46 bits per heavy atom. The van der Waals surface area contributed by atoms with E-state index in [1.54, 1.807) is 0 Å². The maximum absolute atomic E-state index is 3.43. The fourth-order valence-corrected chi connectivity index (χ4v) is 2.09. The van der Waals surface area contributed by atoms with Gasteiger partial charge in [0.25, 0.3) is 0 Å². The quantitative estimate of drug-likeness (QED) is 0.593. The average molecular weight is 354 g/mol. The van der Waals surface area contributed by atoms with E-state index < -0.39 is 0 Å². The highest BCUT2D eigenvalue weighted by atomic mass is 127. The second kappa shape index (κ2) is 5.98. The van der Waals surface area contributed by atoms with Gasteiger partial charge in [0.05, 0.1) is 0 Å². The maximum Gasteiger partial charge on any atom is 0.0231 e. The fourth-order valence-electron chi connectivity index (χ4n) is 1.12. The van der Waals surface area contributed by atoms with E-state index in [4.69, 9.17) is 0 Å². The molecule has 1 aromatic carbocycles. The zero-order chi connectivity index (χ0) is 9.68. The number of hydrogen-bond acceptors (Lipinski definition) is 1. The Bertz CT molecular complexity index is 248. The number of alkyl halides is 1. The fraction of sp³-hybridized carbons (Fsp3) is 0.400. The lowest BCUT2D eigenvalue weighted by Gasteiger charge is -2.14. The van der Waals surface area contributed by atoms with Crippen molar-refractivity contribution in [2.75, 3.05) is 18.9 Å². The molecule has 0 radical (unpaired) electrons. The zero-order valence-corrected chi connectivity index (χ0v) is 11.4. The lowest BCUT2D eigenvalue weighted by atomic mass is 10.2. The minimum atomic E-state index is 1.03. The van der Waals surface area contributed by atoms with E-state index in [1.807, 2.05) is 0 Å².